The molecule has 0 aliphatic heterocycles. The number of benzene rings is 1. The summed E-state index contributed by atoms with van der Waals surface area (Å²) in [5, 5.41) is 16.6. The zero-order valence-electron chi connectivity index (χ0n) is 19.3. The topological polar surface area (TPSA) is 146 Å². The molecule has 9 nitrogen and oxygen atoms in total. The fourth-order valence-electron chi connectivity index (χ4n) is 4.65. The number of primary amides is 1. The summed E-state index contributed by atoms with van der Waals surface area (Å²) in [6.07, 6.45) is 6.05. The van der Waals surface area contributed by atoms with Crippen LogP contribution in [0.3, 0.4) is 0 Å². The zero-order chi connectivity index (χ0) is 25.2. The number of carbonyl (C=O) groups is 1. The minimum atomic E-state index is -1.33. The molecule has 6 rings (SSSR count). The molecule has 1 aliphatic carbocycles. The van der Waals surface area contributed by atoms with E-state index in [0.717, 1.165) is 56.6 Å². The number of halogens is 1. The van der Waals surface area contributed by atoms with E-state index in [9.17, 15) is 0 Å². The lowest BCUT2D eigenvalue weighted by Crippen LogP contribution is -2.14. The van der Waals surface area contributed by atoms with Crippen LogP contribution in [0, 0.1) is 0 Å². The van der Waals surface area contributed by atoms with Crippen molar-refractivity contribution < 1.29 is 9.90 Å². The first-order chi connectivity index (χ1) is 17.4. The first kappa shape index (κ1) is 24.0. The fraction of sp³-hybridized carbons (Fsp3) is 0.240. The Morgan fingerprint density at radius 1 is 1.14 bits per heavy atom. The molecule has 4 heterocycles. The summed E-state index contributed by atoms with van der Waals surface area (Å²) >= 11 is 8.44. The van der Waals surface area contributed by atoms with Gasteiger partial charge in [-0.15, -0.1) is 11.3 Å². The number of hydrogen-bond acceptors (Lipinski definition) is 7. The lowest BCUT2D eigenvalue weighted by molar-refractivity contribution is 0.205. The molecule has 0 bridgehead atoms. The van der Waals surface area contributed by atoms with Gasteiger partial charge in [-0.05, 0) is 42.5 Å². The first-order valence-corrected chi connectivity index (χ1v) is 12.8. The third kappa shape index (κ3) is 4.69. The quantitative estimate of drug-likeness (QED) is 0.258. The zero-order valence-corrected chi connectivity index (χ0v) is 20.8. The van der Waals surface area contributed by atoms with Crippen molar-refractivity contribution in [2.75, 3.05) is 5.73 Å². The highest BCUT2D eigenvalue weighted by atomic mass is 35.5. The van der Waals surface area contributed by atoms with Crippen molar-refractivity contribution in [1.82, 2.24) is 24.7 Å². The van der Waals surface area contributed by atoms with Crippen LogP contribution in [0.15, 0.2) is 48.1 Å². The number of hydrogen-bond donors (Lipinski definition) is 3. The van der Waals surface area contributed by atoms with Gasteiger partial charge in [0.2, 0.25) is 0 Å². The molecule has 0 atom stereocenters. The number of anilines is 1. The maximum Gasteiger partial charge on any atom is 0.402 e. The molecular formula is C25H24ClN7O2S. The summed E-state index contributed by atoms with van der Waals surface area (Å²) in [5.41, 5.74) is 14.5. The minimum Gasteiger partial charge on any atom is -0.465 e. The van der Waals surface area contributed by atoms with Crippen molar-refractivity contribution >= 4 is 56.8 Å². The van der Waals surface area contributed by atoms with E-state index in [2.05, 4.69) is 33.2 Å². The van der Waals surface area contributed by atoms with E-state index in [0.29, 0.717) is 16.9 Å². The standard InChI is InChI=1S/C24H21ClN6S.CH3NO2/c25-17-11-14-8-9-18(20-7-4-10-32-20)29-19(14)12-16(17)22-21-23(26)27-13-28-24(21)31(30-22)15-5-2-1-3-6-15;2-1(3)4/h4,7-13,15H,1-3,5-6H2,(H2,26,27,28);2H2,(H,3,4). The molecule has 0 unspecified atom stereocenters. The smallest absolute Gasteiger partial charge is 0.402 e. The Balaban J connectivity index is 0.000000623. The fourth-order valence-corrected chi connectivity index (χ4v) is 5.61. The lowest BCUT2D eigenvalue weighted by atomic mass is 9.96. The lowest BCUT2D eigenvalue weighted by Gasteiger charge is -2.22. The van der Waals surface area contributed by atoms with E-state index < -0.39 is 6.09 Å². The van der Waals surface area contributed by atoms with Crippen LogP contribution in [0.5, 0.6) is 0 Å². The van der Waals surface area contributed by atoms with Crippen LogP contribution in [0.1, 0.15) is 38.1 Å². The Labute approximate surface area is 215 Å². The van der Waals surface area contributed by atoms with Gasteiger partial charge in [-0.25, -0.2) is 24.4 Å². The third-order valence-corrected chi connectivity index (χ3v) is 7.45. The third-order valence-electron chi connectivity index (χ3n) is 6.25. The largest absolute Gasteiger partial charge is 0.465 e. The van der Waals surface area contributed by atoms with Gasteiger partial charge >= 0.3 is 6.09 Å². The first-order valence-electron chi connectivity index (χ1n) is 11.5. The normalized spacial score (nSPS) is 14.0. The molecule has 5 N–H and O–H groups in total. The number of nitrogen functional groups attached to an aromatic ring is 1. The number of nitrogens with two attached hydrogens (primary N) is 2. The summed E-state index contributed by atoms with van der Waals surface area (Å²) < 4.78 is 2.04. The van der Waals surface area contributed by atoms with Crippen molar-refractivity contribution in [2.45, 2.75) is 38.1 Å². The molecule has 36 heavy (non-hydrogen) atoms. The van der Waals surface area contributed by atoms with Gasteiger partial charge in [0.15, 0.2) is 5.65 Å². The Morgan fingerprint density at radius 3 is 2.64 bits per heavy atom. The Kier molecular flexibility index (Phi) is 6.71. The predicted octanol–water partition coefficient (Wildman–Crippen LogP) is 6.13. The van der Waals surface area contributed by atoms with E-state index in [1.807, 2.05) is 28.9 Å². The van der Waals surface area contributed by atoms with Gasteiger partial charge in [0.05, 0.1) is 32.5 Å². The number of nitrogens with zero attached hydrogens (tertiary/aromatic N) is 5. The highest BCUT2D eigenvalue weighted by Crippen LogP contribution is 2.39. The van der Waals surface area contributed by atoms with E-state index >= 15 is 0 Å². The number of pyridine rings is 1. The van der Waals surface area contributed by atoms with Crippen LogP contribution < -0.4 is 11.5 Å². The summed E-state index contributed by atoms with van der Waals surface area (Å²) in [5.74, 6) is 0.420. The van der Waals surface area contributed by atoms with Gasteiger partial charge in [0.1, 0.15) is 17.8 Å². The van der Waals surface area contributed by atoms with Crippen molar-refractivity contribution in [3.63, 3.8) is 0 Å². The molecule has 11 heteroatoms. The molecule has 1 aliphatic rings. The van der Waals surface area contributed by atoms with Gasteiger partial charge in [-0.1, -0.05) is 43.0 Å². The van der Waals surface area contributed by atoms with Gasteiger partial charge in [-0.2, -0.15) is 5.10 Å². The maximum absolute atomic E-state index is 8.78. The number of aromatic nitrogens is 5. The molecule has 4 aromatic heterocycles. The second-order valence-corrected chi connectivity index (χ2v) is 9.93. The van der Waals surface area contributed by atoms with Crippen LogP contribution in [0.25, 0.3) is 43.8 Å². The summed E-state index contributed by atoms with van der Waals surface area (Å²) in [6.45, 7) is 0. The van der Waals surface area contributed by atoms with Gasteiger partial charge in [0.25, 0.3) is 0 Å². The van der Waals surface area contributed by atoms with Crippen molar-refractivity contribution in [2.24, 2.45) is 5.73 Å². The SMILES string of the molecule is NC(=O)O.Nc1ncnc2c1c(-c1cc3nc(-c4cccs4)ccc3cc1Cl)nn2C1CCCCC1. The summed E-state index contributed by atoms with van der Waals surface area (Å²) in [6, 6.07) is 12.5. The van der Waals surface area contributed by atoms with Crippen LogP contribution in [0.4, 0.5) is 10.6 Å². The molecular weight excluding hydrogens is 498 g/mol. The molecule has 0 spiro atoms. The average molecular weight is 522 g/mol. The van der Waals surface area contributed by atoms with Gasteiger partial charge in [-0.3, -0.25) is 0 Å². The van der Waals surface area contributed by atoms with E-state index in [1.165, 1.54) is 25.6 Å². The van der Waals surface area contributed by atoms with Crippen LogP contribution in [-0.2, 0) is 0 Å². The highest BCUT2D eigenvalue weighted by Gasteiger charge is 2.25. The predicted molar refractivity (Wildman–Crippen MR) is 143 cm³/mol. The van der Waals surface area contributed by atoms with Crippen LogP contribution in [-0.4, -0.2) is 35.9 Å². The Bertz CT molecular complexity index is 1540. The molecule has 1 amide bonds. The second-order valence-electron chi connectivity index (χ2n) is 8.58. The second kappa shape index (κ2) is 10.1. The number of rotatable bonds is 3. The van der Waals surface area contributed by atoms with Crippen LogP contribution in [0.2, 0.25) is 5.02 Å². The maximum atomic E-state index is 8.78. The van der Waals surface area contributed by atoms with Gasteiger partial charge in [0, 0.05) is 10.9 Å². The molecule has 184 valence electrons. The summed E-state index contributed by atoms with van der Waals surface area (Å²) in [4.78, 5) is 23.6. The molecule has 5 aromatic rings. The number of thiophene rings is 1. The van der Waals surface area contributed by atoms with Crippen molar-refractivity contribution in [3.05, 3.63) is 53.1 Å². The monoisotopic (exact) mass is 521 g/mol. The number of carboxylic acid groups (broad SMARTS) is 1. The van der Waals surface area contributed by atoms with Crippen LogP contribution >= 0.6 is 22.9 Å². The van der Waals surface area contributed by atoms with Gasteiger partial charge < -0.3 is 16.6 Å². The average Bonchev–Trinajstić information content (AvgIpc) is 3.53. The minimum absolute atomic E-state index is 0.317. The molecule has 1 saturated carbocycles. The van der Waals surface area contributed by atoms with E-state index in [-0.39, 0.29) is 0 Å². The van der Waals surface area contributed by atoms with E-state index in [4.69, 9.17) is 37.3 Å². The molecule has 1 fully saturated rings. The number of amides is 1. The molecule has 0 radical (unpaired) electrons. The Hall–Kier alpha value is -3.76. The highest BCUT2D eigenvalue weighted by molar-refractivity contribution is 7.13. The summed E-state index contributed by atoms with van der Waals surface area (Å²) in [7, 11) is 0. The van der Waals surface area contributed by atoms with Crippen molar-refractivity contribution in [1.29, 1.82) is 0 Å². The van der Waals surface area contributed by atoms with Crippen molar-refractivity contribution in [3.8, 4) is 21.8 Å². The molecule has 0 saturated heterocycles. The Morgan fingerprint density at radius 2 is 1.92 bits per heavy atom. The molecule has 1 aromatic carbocycles. The number of fused-ring (bicyclic) bond motifs is 2. The van der Waals surface area contributed by atoms with E-state index in [1.54, 1.807) is 11.3 Å².